The first-order valence-electron chi connectivity index (χ1n) is 4.07. The van der Waals surface area contributed by atoms with E-state index in [0.29, 0.717) is 6.42 Å². The number of thioether (sulfide) groups is 1. The number of carbonyl (C=O) groups is 1. The van der Waals surface area contributed by atoms with Gasteiger partial charge in [0, 0.05) is 18.4 Å². The van der Waals surface area contributed by atoms with Crippen molar-refractivity contribution in [1.29, 1.82) is 0 Å². The summed E-state index contributed by atoms with van der Waals surface area (Å²) in [4.78, 5) is 11.3. The van der Waals surface area contributed by atoms with Crippen molar-refractivity contribution < 1.29 is 4.79 Å². The molecule has 0 bridgehead atoms. The van der Waals surface area contributed by atoms with Gasteiger partial charge in [-0.1, -0.05) is 11.8 Å². The average Bonchev–Trinajstić information content (AvgIpc) is 2.57. The summed E-state index contributed by atoms with van der Waals surface area (Å²) in [5, 5.41) is 6.65. The summed E-state index contributed by atoms with van der Waals surface area (Å²) >= 11 is 5.44. The molecule has 0 aliphatic rings. The molecular formula is C8H12N2OS2. The summed E-state index contributed by atoms with van der Waals surface area (Å²) in [5.74, 6) is 1.70. The van der Waals surface area contributed by atoms with Gasteiger partial charge in [0.05, 0.1) is 6.20 Å². The molecule has 0 amide bonds. The molecule has 3 nitrogen and oxygen atoms in total. The zero-order chi connectivity index (χ0) is 9.52. The Kier molecular flexibility index (Phi) is 5.00. The molecule has 0 saturated carbocycles. The lowest BCUT2D eigenvalue weighted by Gasteiger charge is -1.96. The van der Waals surface area contributed by atoms with Crippen molar-refractivity contribution >= 4 is 29.5 Å². The van der Waals surface area contributed by atoms with Crippen LogP contribution < -0.4 is 0 Å². The molecule has 5 heteroatoms. The second-order valence-electron chi connectivity index (χ2n) is 2.58. The molecule has 1 rings (SSSR count). The lowest BCUT2D eigenvalue weighted by molar-refractivity contribution is -0.110. The number of hydrogen-bond acceptors (Lipinski definition) is 4. The molecule has 0 atom stereocenters. The second-order valence-corrected chi connectivity index (χ2v) is 4.18. The van der Waals surface area contributed by atoms with E-state index in [-0.39, 0.29) is 5.12 Å². The topological polar surface area (TPSA) is 45.8 Å². The van der Waals surface area contributed by atoms with E-state index in [0.717, 1.165) is 23.5 Å². The zero-order valence-electron chi connectivity index (χ0n) is 7.19. The van der Waals surface area contributed by atoms with Crippen molar-refractivity contribution in [2.24, 2.45) is 0 Å². The molecule has 0 fully saturated rings. The molecule has 0 unspecified atom stereocenters. The van der Waals surface area contributed by atoms with E-state index in [1.165, 1.54) is 11.8 Å². The van der Waals surface area contributed by atoms with Gasteiger partial charge in [0.1, 0.15) is 0 Å². The van der Waals surface area contributed by atoms with Gasteiger partial charge in [0.15, 0.2) is 5.12 Å². The molecule has 1 aromatic rings. The SMILES string of the molecule is O=C(Cc1cn[nH]c1)SCCCS. The fraction of sp³-hybridized carbons (Fsp3) is 0.500. The van der Waals surface area contributed by atoms with Gasteiger partial charge in [0.25, 0.3) is 0 Å². The number of carbonyl (C=O) groups excluding carboxylic acids is 1. The van der Waals surface area contributed by atoms with Crippen molar-refractivity contribution in [1.82, 2.24) is 10.2 Å². The predicted molar refractivity (Wildman–Crippen MR) is 58.2 cm³/mol. The lowest BCUT2D eigenvalue weighted by atomic mass is 10.3. The second kappa shape index (κ2) is 6.10. The number of nitrogens with zero attached hydrogens (tertiary/aromatic N) is 1. The Labute approximate surface area is 87.1 Å². The molecule has 0 saturated heterocycles. The van der Waals surface area contributed by atoms with Crippen LogP contribution in [0.2, 0.25) is 0 Å². The highest BCUT2D eigenvalue weighted by atomic mass is 32.2. The van der Waals surface area contributed by atoms with E-state index >= 15 is 0 Å². The predicted octanol–water partition coefficient (Wildman–Crippen LogP) is 1.53. The van der Waals surface area contributed by atoms with Gasteiger partial charge in [0.2, 0.25) is 0 Å². The number of nitrogens with one attached hydrogen (secondary N) is 1. The maximum Gasteiger partial charge on any atom is 0.193 e. The van der Waals surface area contributed by atoms with Crippen molar-refractivity contribution in [2.45, 2.75) is 12.8 Å². The number of aromatic nitrogens is 2. The molecule has 72 valence electrons. The molecule has 1 N–H and O–H groups in total. The molecular weight excluding hydrogens is 204 g/mol. The molecule has 0 aromatic carbocycles. The van der Waals surface area contributed by atoms with Crippen LogP contribution in [-0.4, -0.2) is 26.8 Å². The Balaban J connectivity index is 2.18. The third kappa shape index (κ3) is 4.38. The average molecular weight is 216 g/mol. The van der Waals surface area contributed by atoms with Crippen LogP contribution in [0.4, 0.5) is 0 Å². The van der Waals surface area contributed by atoms with E-state index in [1.54, 1.807) is 12.4 Å². The minimum Gasteiger partial charge on any atom is -0.287 e. The van der Waals surface area contributed by atoms with Crippen molar-refractivity contribution in [3.63, 3.8) is 0 Å². The third-order valence-electron chi connectivity index (χ3n) is 1.47. The van der Waals surface area contributed by atoms with Crippen molar-refractivity contribution in [3.05, 3.63) is 18.0 Å². The van der Waals surface area contributed by atoms with Gasteiger partial charge < -0.3 is 0 Å². The van der Waals surface area contributed by atoms with E-state index in [1.807, 2.05) is 0 Å². The Hall–Kier alpha value is -0.420. The summed E-state index contributed by atoms with van der Waals surface area (Å²) < 4.78 is 0. The standard InChI is InChI=1S/C8H12N2OS2/c11-8(13-3-1-2-12)4-7-5-9-10-6-7/h5-6,12H,1-4H2,(H,9,10). The van der Waals surface area contributed by atoms with Gasteiger partial charge in [-0.15, -0.1) is 0 Å². The van der Waals surface area contributed by atoms with Crippen LogP contribution in [0, 0.1) is 0 Å². The fourth-order valence-corrected chi connectivity index (χ4v) is 2.00. The van der Waals surface area contributed by atoms with Crippen LogP contribution in [0.3, 0.4) is 0 Å². The number of H-pyrrole nitrogens is 1. The van der Waals surface area contributed by atoms with Crippen molar-refractivity contribution in [3.8, 4) is 0 Å². The maximum atomic E-state index is 11.3. The highest BCUT2D eigenvalue weighted by Crippen LogP contribution is 2.09. The molecule has 1 aromatic heterocycles. The van der Waals surface area contributed by atoms with Crippen LogP contribution in [-0.2, 0) is 11.2 Å². The zero-order valence-corrected chi connectivity index (χ0v) is 8.90. The highest BCUT2D eigenvalue weighted by Gasteiger charge is 2.04. The van der Waals surface area contributed by atoms with Crippen LogP contribution in [0.15, 0.2) is 12.4 Å². The first-order valence-corrected chi connectivity index (χ1v) is 5.69. The summed E-state index contributed by atoms with van der Waals surface area (Å²) in [6.45, 7) is 0. The van der Waals surface area contributed by atoms with Gasteiger partial charge in [-0.3, -0.25) is 9.89 Å². The van der Waals surface area contributed by atoms with Crippen LogP contribution in [0.1, 0.15) is 12.0 Å². The van der Waals surface area contributed by atoms with E-state index in [9.17, 15) is 4.79 Å². The molecule has 1 heterocycles. The summed E-state index contributed by atoms with van der Waals surface area (Å²) in [7, 11) is 0. The normalized spacial score (nSPS) is 10.2. The summed E-state index contributed by atoms with van der Waals surface area (Å²) in [6.07, 6.45) is 4.87. The first-order chi connectivity index (χ1) is 6.33. The largest absolute Gasteiger partial charge is 0.287 e. The lowest BCUT2D eigenvalue weighted by Crippen LogP contribution is -1.97. The van der Waals surface area contributed by atoms with Crippen LogP contribution in [0.5, 0.6) is 0 Å². The van der Waals surface area contributed by atoms with Gasteiger partial charge in [-0.2, -0.15) is 17.7 Å². The van der Waals surface area contributed by atoms with Crippen molar-refractivity contribution in [2.75, 3.05) is 11.5 Å². The Morgan fingerprint density at radius 3 is 3.15 bits per heavy atom. The third-order valence-corrected chi connectivity index (χ3v) is 2.74. The molecule has 0 aliphatic heterocycles. The molecule has 0 spiro atoms. The summed E-state index contributed by atoms with van der Waals surface area (Å²) in [5.41, 5.74) is 0.948. The smallest absolute Gasteiger partial charge is 0.193 e. The van der Waals surface area contributed by atoms with E-state index in [2.05, 4.69) is 22.8 Å². The molecule has 13 heavy (non-hydrogen) atoms. The van der Waals surface area contributed by atoms with E-state index in [4.69, 9.17) is 0 Å². The summed E-state index contributed by atoms with van der Waals surface area (Å²) in [6, 6.07) is 0. The monoisotopic (exact) mass is 216 g/mol. The Morgan fingerprint density at radius 2 is 2.54 bits per heavy atom. The van der Waals surface area contributed by atoms with Gasteiger partial charge >= 0.3 is 0 Å². The quantitative estimate of drug-likeness (QED) is 0.579. The number of hydrogen-bond donors (Lipinski definition) is 2. The Bertz CT molecular complexity index is 249. The van der Waals surface area contributed by atoms with E-state index < -0.39 is 0 Å². The van der Waals surface area contributed by atoms with Gasteiger partial charge in [-0.05, 0) is 17.7 Å². The minimum atomic E-state index is 0.197. The maximum absolute atomic E-state index is 11.3. The number of thiol groups is 1. The molecule has 0 radical (unpaired) electrons. The van der Waals surface area contributed by atoms with Crippen LogP contribution in [0.25, 0.3) is 0 Å². The Morgan fingerprint density at radius 1 is 1.69 bits per heavy atom. The highest BCUT2D eigenvalue weighted by molar-refractivity contribution is 8.13. The molecule has 0 aliphatic carbocycles. The van der Waals surface area contributed by atoms with Gasteiger partial charge in [-0.25, -0.2) is 0 Å². The number of aromatic amines is 1. The fourth-order valence-electron chi connectivity index (χ4n) is 0.843. The number of rotatable bonds is 5. The first kappa shape index (κ1) is 10.7. The van der Waals surface area contributed by atoms with Crippen LogP contribution >= 0.6 is 24.4 Å². The minimum absolute atomic E-state index is 0.197.